The second kappa shape index (κ2) is 8.43. The summed E-state index contributed by atoms with van der Waals surface area (Å²) in [6.45, 7) is 1.61. The number of benzene rings is 2. The minimum Gasteiger partial charge on any atom is -0.329 e. The summed E-state index contributed by atoms with van der Waals surface area (Å²) in [6.07, 6.45) is 3.67. The van der Waals surface area contributed by atoms with E-state index in [1.807, 2.05) is 30.3 Å². The lowest BCUT2D eigenvalue weighted by atomic mass is 9.93. The molecule has 1 saturated heterocycles. The van der Waals surface area contributed by atoms with Crippen LogP contribution in [0, 0.1) is 0 Å². The summed E-state index contributed by atoms with van der Waals surface area (Å²) in [5.41, 5.74) is 3.18. The molecule has 8 heteroatoms. The Hall–Kier alpha value is -3.94. The third-order valence-corrected chi connectivity index (χ3v) is 5.34. The number of fused-ring (bicyclic) bond motifs is 1. The van der Waals surface area contributed by atoms with E-state index >= 15 is 0 Å². The number of nitrogens with zero attached hydrogens (tertiary/aromatic N) is 2. The third-order valence-electron chi connectivity index (χ3n) is 5.34. The fraction of sp³-hybridized carbons (Fsp3) is 0.217. The first kappa shape index (κ1) is 20.3. The molecule has 8 nitrogen and oxygen atoms in total. The van der Waals surface area contributed by atoms with Crippen molar-refractivity contribution in [1.82, 2.24) is 15.1 Å². The number of rotatable bonds is 5. The molecular formula is C23H22N4O4. The number of hydrogen-bond acceptors (Lipinski definition) is 4. The molecule has 1 atom stereocenters. The summed E-state index contributed by atoms with van der Waals surface area (Å²) < 4.78 is 0. The van der Waals surface area contributed by atoms with E-state index in [-0.39, 0.29) is 37.2 Å². The van der Waals surface area contributed by atoms with Crippen molar-refractivity contribution in [3.63, 3.8) is 0 Å². The highest BCUT2D eigenvalue weighted by Gasteiger charge is 2.29. The lowest BCUT2D eigenvalue weighted by molar-refractivity contribution is -0.129. The van der Waals surface area contributed by atoms with Crippen LogP contribution in [0.2, 0.25) is 0 Å². The van der Waals surface area contributed by atoms with Crippen LogP contribution in [-0.4, -0.2) is 40.1 Å². The van der Waals surface area contributed by atoms with Crippen LogP contribution < -0.4 is 10.6 Å². The summed E-state index contributed by atoms with van der Waals surface area (Å²) in [5.74, 6) is -0.666. The van der Waals surface area contributed by atoms with Crippen molar-refractivity contribution < 1.29 is 19.2 Å². The van der Waals surface area contributed by atoms with E-state index in [4.69, 9.17) is 0 Å². The maximum absolute atomic E-state index is 12.8. The van der Waals surface area contributed by atoms with Gasteiger partial charge in [-0.2, -0.15) is 0 Å². The third kappa shape index (κ3) is 4.32. The van der Waals surface area contributed by atoms with Gasteiger partial charge in [-0.05, 0) is 34.9 Å². The first-order valence-corrected chi connectivity index (χ1v) is 9.95. The Balaban J connectivity index is 1.47. The Labute approximate surface area is 179 Å². The summed E-state index contributed by atoms with van der Waals surface area (Å²) in [5, 5.41) is 5.35. The highest BCUT2D eigenvalue weighted by atomic mass is 16.2. The smallest absolute Gasteiger partial charge is 0.324 e. The molecule has 2 N–H and O–H groups in total. The Bertz CT molecular complexity index is 1080. The highest BCUT2D eigenvalue weighted by Crippen LogP contribution is 2.33. The van der Waals surface area contributed by atoms with E-state index < -0.39 is 12.1 Å². The number of amides is 5. The van der Waals surface area contributed by atoms with E-state index in [0.29, 0.717) is 5.69 Å². The Kier molecular flexibility index (Phi) is 5.53. The van der Waals surface area contributed by atoms with E-state index in [9.17, 15) is 19.2 Å². The zero-order valence-electron chi connectivity index (χ0n) is 17.0. The molecule has 0 saturated carbocycles. The normalized spacial score (nSPS) is 17.4. The van der Waals surface area contributed by atoms with Gasteiger partial charge in [0.15, 0.2) is 0 Å². The zero-order valence-corrected chi connectivity index (χ0v) is 17.0. The van der Waals surface area contributed by atoms with Crippen LogP contribution in [0.3, 0.4) is 0 Å². The van der Waals surface area contributed by atoms with Crippen LogP contribution in [0.15, 0.2) is 54.7 Å². The van der Waals surface area contributed by atoms with Gasteiger partial charge in [-0.3, -0.25) is 19.3 Å². The molecule has 2 aliphatic heterocycles. The average Bonchev–Trinajstić information content (AvgIpc) is 3.06. The molecule has 2 aromatic rings. The maximum Gasteiger partial charge on any atom is 0.324 e. The fourth-order valence-electron chi connectivity index (χ4n) is 3.85. The highest BCUT2D eigenvalue weighted by molar-refractivity contribution is 6.01. The number of carbonyl (C=O) groups excluding carboxylic acids is 4. The molecule has 5 amide bonds. The molecule has 2 heterocycles. The van der Waals surface area contributed by atoms with Crippen LogP contribution in [0.4, 0.5) is 10.5 Å². The number of urea groups is 1. The minimum absolute atomic E-state index is 0.000776. The van der Waals surface area contributed by atoms with Crippen molar-refractivity contribution in [2.24, 2.45) is 0 Å². The van der Waals surface area contributed by atoms with Gasteiger partial charge in [0.05, 0.1) is 25.6 Å². The van der Waals surface area contributed by atoms with Crippen LogP contribution in [0.5, 0.6) is 0 Å². The van der Waals surface area contributed by atoms with Crippen molar-refractivity contribution in [3.05, 3.63) is 71.4 Å². The Morgan fingerprint density at radius 3 is 2.68 bits per heavy atom. The van der Waals surface area contributed by atoms with Gasteiger partial charge in [0.1, 0.15) is 0 Å². The standard InChI is InChI=1S/C23H22N4O4/c1-15(28)26-10-9-17-6-2-3-8-19(17)20(26)12-21(29)25-18-7-4-5-16(11-18)14-27-22(30)13-24-23(27)31/h2-11,20H,12-14H2,1H3,(H,24,31)(H,25,29)/t20-/m0/s1. The maximum atomic E-state index is 12.8. The first-order valence-electron chi connectivity index (χ1n) is 9.95. The van der Waals surface area contributed by atoms with Gasteiger partial charge < -0.3 is 15.5 Å². The number of nitrogens with one attached hydrogen (secondary N) is 2. The predicted molar refractivity (Wildman–Crippen MR) is 114 cm³/mol. The van der Waals surface area contributed by atoms with E-state index in [0.717, 1.165) is 21.6 Å². The molecule has 0 unspecified atom stereocenters. The molecule has 4 rings (SSSR count). The predicted octanol–water partition coefficient (Wildman–Crippen LogP) is 2.64. The number of imide groups is 1. The molecule has 0 bridgehead atoms. The second-order valence-corrected chi connectivity index (χ2v) is 7.48. The van der Waals surface area contributed by atoms with Crippen LogP contribution >= 0.6 is 0 Å². The van der Waals surface area contributed by atoms with Crippen molar-refractivity contribution in [3.8, 4) is 0 Å². The van der Waals surface area contributed by atoms with E-state index in [1.54, 1.807) is 35.4 Å². The van der Waals surface area contributed by atoms with Crippen molar-refractivity contribution in [2.75, 3.05) is 11.9 Å². The molecule has 0 aromatic heterocycles. The van der Waals surface area contributed by atoms with Gasteiger partial charge in [-0.25, -0.2) is 4.79 Å². The van der Waals surface area contributed by atoms with Crippen molar-refractivity contribution >= 4 is 35.5 Å². The van der Waals surface area contributed by atoms with Crippen LogP contribution in [-0.2, 0) is 20.9 Å². The number of carbonyl (C=O) groups is 4. The Morgan fingerprint density at radius 1 is 1.13 bits per heavy atom. The van der Waals surface area contributed by atoms with Crippen molar-refractivity contribution in [1.29, 1.82) is 0 Å². The van der Waals surface area contributed by atoms with Gasteiger partial charge in [-0.15, -0.1) is 0 Å². The molecule has 1 fully saturated rings. The van der Waals surface area contributed by atoms with Gasteiger partial charge in [0.2, 0.25) is 17.7 Å². The topological polar surface area (TPSA) is 98.8 Å². The molecule has 0 radical (unpaired) electrons. The summed E-state index contributed by atoms with van der Waals surface area (Å²) in [4.78, 5) is 51.2. The summed E-state index contributed by atoms with van der Waals surface area (Å²) >= 11 is 0. The SMILES string of the molecule is CC(=O)N1C=Cc2ccccc2[C@@H]1CC(=O)Nc1cccc(CN2C(=O)CNC2=O)c1. The van der Waals surface area contributed by atoms with Crippen LogP contribution in [0.25, 0.3) is 6.08 Å². The largest absolute Gasteiger partial charge is 0.329 e. The summed E-state index contributed by atoms with van der Waals surface area (Å²) in [7, 11) is 0. The summed E-state index contributed by atoms with van der Waals surface area (Å²) in [6, 6.07) is 13.9. The molecule has 158 valence electrons. The van der Waals surface area contributed by atoms with E-state index in [2.05, 4.69) is 10.6 Å². The lowest BCUT2D eigenvalue weighted by Crippen LogP contribution is -2.33. The minimum atomic E-state index is -0.423. The van der Waals surface area contributed by atoms with E-state index in [1.165, 1.54) is 6.92 Å². The van der Waals surface area contributed by atoms with Gasteiger partial charge >= 0.3 is 6.03 Å². The lowest BCUT2D eigenvalue weighted by Gasteiger charge is -2.32. The molecule has 0 aliphatic carbocycles. The van der Waals surface area contributed by atoms with Gasteiger partial charge in [0.25, 0.3) is 0 Å². The quantitative estimate of drug-likeness (QED) is 0.730. The van der Waals surface area contributed by atoms with Gasteiger partial charge in [0, 0.05) is 18.8 Å². The molecule has 31 heavy (non-hydrogen) atoms. The fourth-order valence-corrected chi connectivity index (χ4v) is 3.85. The first-order chi connectivity index (χ1) is 14.9. The zero-order chi connectivity index (χ0) is 22.0. The van der Waals surface area contributed by atoms with Gasteiger partial charge in [-0.1, -0.05) is 36.4 Å². The second-order valence-electron chi connectivity index (χ2n) is 7.48. The number of anilines is 1. The average molecular weight is 418 g/mol. The van der Waals surface area contributed by atoms with Crippen LogP contribution in [0.1, 0.15) is 36.1 Å². The molecule has 2 aliphatic rings. The molecule has 0 spiro atoms. The Morgan fingerprint density at radius 2 is 1.94 bits per heavy atom. The molecule has 2 aromatic carbocycles. The van der Waals surface area contributed by atoms with Crippen molar-refractivity contribution in [2.45, 2.75) is 25.9 Å². The monoisotopic (exact) mass is 418 g/mol. The molecular weight excluding hydrogens is 396 g/mol. The number of hydrogen-bond donors (Lipinski definition) is 2.